The van der Waals surface area contributed by atoms with Gasteiger partial charge in [-0.3, -0.25) is 4.57 Å². The fourth-order valence-electron chi connectivity index (χ4n) is 1.40. The molecule has 0 aliphatic heterocycles. The molecule has 0 atom stereocenters. The van der Waals surface area contributed by atoms with Crippen molar-refractivity contribution < 1.29 is 9.53 Å². The molecule has 17 heavy (non-hydrogen) atoms. The van der Waals surface area contributed by atoms with E-state index in [1.165, 1.54) is 13.4 Å². The monoisotopic (exact) mass is 295 g/mol. The van der Waals surface area contributed by atoms with Crippen LogP contribution in [0.15, 0.2) is 29.3 Å². The van der Waals surface area contributed by atoms with Crippen molar-refractivity contribution in [2.45, 2.75) is 6.92 Å². The number of pyridine rings is 1. The molecule has 0 unspecified atom stereocenters. The van der Waals surface area contributed by atoms with Crippen LogP contribution in [-0.2, 0) is 4.74 Å². The van der Waals surface area contributed by atoms with Gasteiger partial charge in [0, 0.05) is 6.20 Å². The summed E-state index contributed by atoms with van der Waals surface area (Å²) >= 11 is 3.32. The van der Waals surface area contributed by atoms with Gasteiger partial charge in [0.15, 0.2) is 5.69 Å². The van der Waals surface area contributed by atoms with Crippen molar-refractivity contribution in [2.75, 3.05) is 7.11 Å². The maximum atomic E-state index is 11.3. The normalized spacial score (nSPS) is 10.3. The molecule has 6 heteroatoms. The Hall–Kier alpha value is -1.69. The van der Waals surface area contributed by atoms with Crippen LogP contribution in [0.3, 0.4) is 0 Å². The topological polar surface area (TPSA) is 57.0 Å². The Balaban J connectivity index is 2.40. The summed E-state index contributed by atoms with van der Waals surface area (Å²) in [4.78, 5) is 19.5. The maximum absolute atomic E-state index is 11.3. The Morgan fingerprint density at radius 1 is 1.47 bits per heavy atom. The molecule has 0 aliphatic rings. The van der Waals surface area contributed by atoms with Crippen molar-refractivity contribution in [1.82, 2.24) is 14.5 Å². The van der Waals surface area contributed by atoms with Gasteiger partial charge in [0.2, 0.25) is 0 Å². The van der Waals surface area contributed by atoms with Crippen LogP contribution in [0.5, 0.6) is 0 Å². The van der Waals surface area contributed by atoms with Crippen LogP contribution in [0.2, 0.25) is 0 Å². The number of ether oxygens (including phenoxy) is 1. The van der Waals surface area contributed by atoms with E-state index in [1.807, 2.05) is 19.1 Å². The van der Waals surface area contributed by atoms with Gasteiger partial charge in [0.25, 0.3) is 0 Å². The molecule has 2 aromatic rings. The molecule has 0 fully saturated rings. The molecule has 5 nitrogen and oxygen atoms in total. The van der Waals surface area contributed by atoms with Crippen molar-refractivity contribution in [2.24, 2.45) is 0 Å². The Bertz CT molecular complexity index is 545. The van der Waals surface area contributed by atoms with Gasteiger partial charge in [-0.25, -0.2) is 14.8 Å². The molecule has 0 bridgehead atoms. The van der Waals surface area contributed by atoms with Gasteiger partial charge >= 0.3 is 5.97 Å². The number of hydrogen-bond acceptors (Lipinski definition) is 4. The lowest BCUT2D eigenvalue weighted by Gasteiger charge is -2.02. The average molecular weight is 296 g/mol. The fourth-order valence-corrected chi connectivity index (χ4v) is 1.94. The minimum absolute atomic E-state index is 0.256. The predicted molar refractivity (Wildman–Crippen MR) is 65.1 cm³/mol. The molecule has 2 aromatic heterocycles. The number of nitrogens with zero attached hydrogens (tertiary/aromatic N) is 3. The van der Waals surface area contributed by atoms with E-state index in [0.29, 0.717) is 5.82 Å². The molecule has 0 amide bonds. The summed E-state index contributed by atoms with van der Waals surface area (Å²) in [5.74, 6) is 0.231. The zero-order valence-corrected chi connectivity index (χ0v) is 10.9. The summed E-state index contributed by atoms with van der Waals surface area (Å²) in [5, 5.41) is 0. The number of halogens is 1. The lowest BCUT2D eigenvalue weighted by Crippen LogP contribution is -2.01. The van der Waals surface area contributed by atoms with Crippen LogP contribution in [0, 0.1) is 6.92 Å². The predicted octanol–water partition coefficient (Wildman–Crippen LogP) is 2.12. The minimum atomic E-state index is -0.463. The molecule has 2 heterocycles. The van der Waals surface area contributed by atoms with Gasteiger partial charge in [0.1, 0.15) is 16.7 Å². The van der Waals surface area contributed by atoms with E-state index in [2.05, 4.69) is 30.6 Å². The Kier molecular flexibility index (Phi) is 3.23. The first kappa shape index (κ1) is 11.8. The van der Waals surface area contributed by atoms with Gasteiger partial charge in [-0.2, -0.15) is 0 Å². The quantitative estimate of drug-likeness (QED) is 0.629. The fraction of sp³-hybridized carbons (Fsp3) is 0.182. The smallest absolute Gasteiger partial charge is 0.358 e. The highest BCUT2D eigenvalue weighted by Crippen LogP contribution is 2.14. The first-order valence-corrected chi connectivity index (χ1v) is 5.66. The second kappa shape index (κ2) is 4.67. The van der Waals surface area contributed by atoms with Crippen LogP contribution in [0.1, 0.15) is 16.1 Å². The standard InChI is InChI=1S/C11H10BrN3O2/c1-7-3-9(12)14-10(4-7)15-5-8(13-6-15)11(16)17-2/h3-6H,1-2H3. The Labute approximate surface area is 107 Å². The average Bonchev–Trinajstić information content (AvgIpc) is 2.76. The minimum Gasteiger partial charge on any atom is -0.464 e. The largest absolute Gasteiger partial charge is 0.464 e. The summed E-state index contributed by atoms with van der Waals surface area (Å²) in [6, 6.07) is 3.80. The zero-order valence-electron chi connectivity index (χ0n) is 9.35. The number of carbonyl (C=O) groups is 1. The molecule has 0 saturated heterocycles. The Morgan fingerprint density at radius 2 is 2.24 bits per heavy atom. The van der Waals surface area contributed by atoms with Gasteiger partial charge in [-0.1, -0.05) is 0 Å². The van der Waals surface area contributed by atoms with Crippen LogP contribution < -0.4 is 0 Å². The third kappa shape index (κ3) is 2.52. The van der Waals surface area contributed by atoms with Crippen LogP contribution in [-0.4, -0.2) is 27.6 Å². The first-order chi connectivity index (χ1) is 8.10. The molecular formula is C11H10BrN3O2. The number of rotatable bonds is 2. The third-order valence-corrected chi connectivity index (χ3v) is 2.57. The molecule has 0 aromatic carbocycles. The molecule has 0 saturated carbocycles. The SMILES string of the molecule is COC(=O)c1cn(-c2cc(C)cc(Br)n2)cn1. The zero-order chi connectivity index (χ0) is 12.4. The summed E-state index contributed by atoms with van der Waals surface area (Å²) in [6.07, 6.45) is 3.11. The van der Waals surface area contributed by atoms with E-state index in [9.17, 15) is 4.79 Å². The molecule has 0 spiro atoms. The van der Waals surface area contributed by atoms with Crippen molar-refractivity contribution >= 4 is 21.9 Å². The van der Waals surface area contributed by atoms with Crippen LogP contribution in [0.25, 0.3) is 5.82 Å². The summed E-state index contributed by atoms with van der Waals surface area (Å²) < 4.78 is 7.00. The third-order valence-electron chi connectivity index (χ3n) is 2.17. The number of aromatic nitrogens is 3. The highest BCUT2D eigenvalue weighted by Gasteiger charge is 2.10. The van der Waals surface area contributed by atoms with E-state index in [1.54, 1.807) is 10.8 Å². The van der Waals surface area contributed by atoms with E-state index >= 15 is 0 Å². The Morgan fingerprint density at radius 3 is 2.88 bits per heavy atom. The lowest BCUT2D eigenvalue weighted by molar-refractivity contribution is 0.0594. The van der Waals surface area contributed by atoms with Crippen molar-refractivity contribution in [3.8, 4) is 5.82 Å². The molecular weight excluding hydrogens is 286 g/mol. The summed E-state index contributed by atoms with van der Waals surface area (Å²) in [6.45, 7) is 1.97. The van der Waals surface area contributed by atoms with Gasteiger partial charge in [-0.15, -0.1) is 0 Å². The molecule has 88 valence electrons. The molecule has 0 radical (unpaired) electrons. The number of hydrogen-bond donors (Lipinski definition) is 0. The summed E-state index contributed by atoms with van der Waals surface area (Å²) in [7, 11) is 1.32. The molecule has 0 N–H and O–H groups in total. The number of aryl methyl sites for hydroxylation is 1. The van der Waals surface area contributed by atoms with E-state index in [0.717, 1.165) is 10.2 Å². The second-order valence-corrected chi connectivity index (χ2v) is 4.30. The lowest BCUT2D eigenvalue weighted by atomic mass is 10.3. The highest BCUT2D eigenvalue weighted by atomic mass is 79.9. The van der Waals surface area contributed by atoms with Gasteiger partial charge in [0.05, 0.1) is 7.11 Å². The molecule has 2 rings (SSSR count). The number of methoxy groups -OCH3 is 1. The van der Waals surface area contributed by atoms with Crippen molar-refractivity contribution in [1.29, 1.82) is 0 Å². The van der Waals surface area contributed by atoms with E-state index < -0.39 is 5.97 Å². The number of imidazole rings is 1. The second-order valence-electron chi connectivity index (χ2n) is 3.48. The van der Waals surface area contributed by atoms with Crippen molar-refractivity contribution in [3.63, 3.8) is 0 Å². The van der Waals surface area contributed by atoms with Crippen LogP contribution in [0.4, 0.5) is 0 Å². The van der Waals surface area contributed by atoms with Crippen molar-refractivity contribution in [3.05, 3.63) is 40.5 Å². The molecule has 0 aliphatic carbocycles. The summed E-state index contributed by atoms with van der Waals surface area (Å²) in [5.41, 5.74) is 1.32. The van der Waals surface area contributed by atoms with E-state index in [-0.39, 0.29) is 5.69 Å². The van der Waals surface area contributed by atoms with Gasteiger partial charge < -0.3 is 4.74 Å². The maximum Gasteiger partial charge on any atom is 0.358 e. The first-order valence-electron chi connectivity index (χ1n) is 4.87. The number of carbonyl (C=O) groups excluding carboxylic acids is 1. The van der Waals surface area contributed by atoms with Crippen LogP contribution >= 0.6 is 15.9 Å². The van der Waals surface area contributed by atoms with E-state index in [4.69, 9.17) is 0 Å². The van der Waals surface area contributed by atoms with Gasteiger partial charge in [-0.05, 0) is 40.5 Å². The highest BCUT2D eigenvalue weighted by molar-refractivity contribution is 9.10. The number of esters is 1.